The van der Waals surface area contributed by atoms with E-state index in [1.165, 1.54) is 20.0 Å². The third-order valence-electron chi connectivity index (χ3n) is 3.99. The topological polar surface area (TPSA) is 46.6 Å². The maximum Gasteiger partial charge on any atom is 0.310 e. The van der Waals surface area contributed by atoms with Crippen LogP contribution in [0.25, 0.3) is 0 Å². The molecule has 1 saturated heterocycles. The number of amides is 1. The minimum Gasteiger partial charge on any atom is -0.469 e. The van der Waals surface area contributed by atoms with Crippen molar-refractivity contribution in [2.45, 2.75) is 32.6 Å². The molecule has 4 heteroatoms. The Kier molecular flexibility index (Phi) is 3.69. The Morgan fingerprint density at radius 2 is 2.00 bits per heavy atom. The van der Waals surface area contributed by atoms with Gasteiger partial charge in [0.2, 0.25) is 5.91 Å². The van der Waals surface area contributed by atoms with Crippen molar-refractivity contribution < 1.29 is 14.3 Å². The fourth-order valence-electron chi connectivity index (χ4n) is 2.62. The van der Waals surface area contributed by atoms with Crippen molar-refractivity contribution >= 4 is 11.9 Å². The Balaban J connectivity index is 1.91. The molecule has 0 N–H and O–H groups in total. The normalized spacial score (nSPS) is 26.5. The summed E-state index contributed by atoms with van der Waals surface area (Å²) < 4.78 is 4.76. The molecule has 0 aromatic rings. The van der Waals surface area contributed by atoms with Gasteiger partial charge in [-0.3, -0.25) is 9.59 Å². The fourth-order valence-corrected chi connectivity index (χ4v) is 2.62. The van der Waals surface area contributed by atoms with Gasteiger partial charge in [-0.2, -0.15) is 0 Å². The van der Waals surface area contributed by atoms with Crippen molar-refractivity contribution in [2.75, 3.05) is 20.2 Å². The fraction of sp³-hybridized carbons (Fsp3) is 0.846. The van der Waals surface area contributed by atoms with Crippen molar-refractivity contribution in [1.82, 2.24) is 4.90 Å². The van der Waals surface area contributed by atoms with Crippen molar-refractivity contribution in [3.63, 3.8) is 0 Å². The van der Waals surface area contributed by atoms with Crippen LogP contribution in [0.3, 0.4) is 0 Å². The van der Waals surface area contributed by atoms with Gasteiger partial charge >= 0.3 is 5.97 Å². The van der Waals surface area contributed by atoms with E-state index in [2.05, 4.69) is 0 Å². The summed E-state index contributed by atoms with van der Waals surface area (Å²) in [7, 11) is 1.41. The second-order valence-electron chi connectivity index (χ2n) is 5.27. The Morgan fingerprint density at radius 3 is 2.59 bits per heavy atom. The molecule has 2 atom stereocenters. The van der Waals surface area contributed by atoms with E-state index < -0.39 is 0 Å². The van der Waals surface area contributed by atoms with E-state index in [0.717, 1.165) is 19.4 Å². The molecule has 1 saturated carbocycles. The molecule has 1 aliphatic heterocycles. The lowest BCUT2D eigenvalue weighted by molar-refractivity contribution is -0.149. The molecule has 0 aromatic heterocycles. The minimum absolute atomic E-state index is 0.121. The molecule has 1 aliphatic carbocycles. The molecule has 4 nitrogen and oxygen atoms in total. The number of hydrogen-bond donors (Lipinski definition) is 0. The van der Waals surface area contributed by atoms with Crippen LogP contribution in [0.5, 0.6) is 0 Å². The summed E-state index contributed by atoms with van der Waals surface area (Å²) in [6.45, 7) is 3.35. The highest BCUT2D eigenvalue weighted by Gasteiger charge is 2.37. The molecular formula is C13H21NO3. The van der Waals surface area contributed by atoms with Crippen molar-refractivity contribution in [1.29, 1.82) is 0 Å². The van der Waals surface area contributed by atoms with Gasteiger partial charge in [0.25, 0.3) is 0 Å². The van der Waals surface area contributed by atoms with Gasteiger partial charge in [-0.1, -0.05) is 6.92 Å². The Morgan fingerprint density at radius 1 is 1.29 bits per heavy atom. The van der Waals surface area contributed by atoms with E-state index in [-0.39, 0.29) is 23.7 Å². The predicted molar refractivity (Wildman–Crippen MR) is 63.2 cm³/mol. The number of nitrogens with zero attached hydrogens (tertiary/aromatic N) is 1. The molecule has 0 bridgehead atoms. The third-order valence-corrected chi connectivity index (χ3v) is 3.99. The number of hydrogen-bond acceptors (Lipinski definition) is 3. The summed E-state index contributed by atoms with van der Waals surface area (Å²) in [5, 5.41) is 0. The molecule has 0 aromatic carbocycles. The number of carbonyl (C=O) groups excluding carboxylic acids is 2. The second-order valence-corrected chi connectivity index (χ2v) is 5.27. The van der Waals surface area contributed by atoms with Gasteiger partial charge in [0, 0.05) is 19.0 Å². The Labute approximate surface area is 102 Å². The first-order chi connectivity index (χ1) is 8.13. The number of likely N-dealkylation sites (tertiary alicyclic amines) is 1. The van der Waals surface area contributed by atoms with E-state index in [1.54, 1.807) is 0 Å². The number of methoxy groups -OCH3 is 1. The molecule has 0 spiro atoms. The monoisotopic (exact) mass is 239 g/mol. The van der Waals surface area contributed by atoms with Crippen molar-refractivity contribution in [2.24, 2.45) is 17.8 Å². The van der Waals surface area contributed by atoms with Gasteiger partial charge in [-0.05, 0) is 31.6 Å². The molecule has 17 heavy (non-hydrogen) atoms. The Hall–Kier alpha value is -1.06. The van der Waals surface area contributed by atoms with E-state index in [0.29, 0.717) is 12.5 Å². The first kappa shape index (κ1) is 12.4. The molecule has 96 valence electrons. The first-order valence-electron chi connectivity index (χ1n) is 6.50. The summed E-state index contributed by atoms with van der Waals surface area (Å²) in [4.78, 5) is 25.6. The lowest BCUT2D eigenvalue weighted by Crippen LogP contribution is -2.45. The second kappa shape index (κ2) is 5.07. The minimum atomic E-state index is -0.179. The lowest BCUT2D eigenvalue weighted by atomic mass is 9.96. The van der Waals surface area contributed by atoms with Gasteiger partial charge in [0.15, 0.2) is 0 Å². The quantitative estimate of drug-likeness (QED) is 0.700. The van der Waals surface area contributed by atoms with Crippen molar-refractivity contribution in [3.05, 3.63) is 0 Å². The molecule has 1 amide bonds. The van der Waals surface area contributed by atoms with Crippen LogP contribution in [0.1, 0.15) is 32.6 Å². The van der Waals surface area contributed by atoms with E-state index in [9.17, 15) is 9.59 Å². The molecule has 2 aliphatic rings. The summed E-state index contributed by atoms with van der Waals surface area (Å²) in [5.41, 5.74) is 0. The zero-order valence-electron chi connectivity index (χ0n) is 10.6. The van der Waals surface area contributed by atoms with Crippen LogP contribution in [-0.2, 0) is 14.3 Å². The van der Waals surface area contributed by atoms with Gasteiger partial charge in [0.05, 0.1) is 13.0 Å². The molecule has 2 rings (SSSR count). The maximum absolute atomic E-state index is 12.2. The third kappa shape index (κ3) is 2.79. The number of rotatable bonds is 3. The molecule has 1 heterocycles. The summed E-state index contributed by atoms with van der Waals surface area (Å²) in [5.74, 6) is 0.638. The summed E-state index contributed by atoms with van der Waals surface area (Å²) in [6, 6.07) is 0. The highest BCUT2D eigenvalue weighted by molar-refractivity contribution is 5.80. The highest BCUT2D eigenvalue weighted by atomic mass is 16.5. The summed E-state index contributed by atoms with van der Waals surface area (Å²) >= 11 is 0. The van der Waals surface area contributed by atoms with E-state index in [4.69, 9.17) is 4.74 Å². The maximum atomic E-state index is 12.2. The van der Waals surface area contributed by atoms with Crippen molar-refractivity contribution in [3.8, 4) is 0 Å². The van der Waals surface area contributed by atoms with Crippen LogP contribution in [0, 0.1) is 17.8 Å². The van der Waals surface area contributed by atoms with Crippen LogP contribution >= 0.6 is 0 Å². The van der Waals surface area contributed by atoms with Gasteiger partial charge < -0.3 is 9.64 Å². The molecule has 2 fully saturated rings. The number of piperidine rings is 1. The average Bonchev–Trinajstić information content (AvgIpc) is 3.20. The first-order valence-corrected chi connectivity index (χ1v) is 6.50. The average molecular weight is 239 g/mol. The van der Waals surface area contributed by atoms with Gasteiger partial charge in [0.1, 0.15) is 0 Å². The number of carbonyl (C=O) groups is 2. The highest BCUT2D eigenvalue weighted by Crippen LogP contribution is 2.37. The molecule has 1 unspecified atom stereocenters. The molecular weight excluding hydrogens is 218 g/mol. The van der Waals surface area contributed by atoms with Crippen LogP contribution in [0.2, 0.25) is 0 Å². The SMILES string of the molecule is COC(=O)[C@H]1CCCN(C(=O)C(C)C2CC2)C1. The van der Waals surface area contributed by atoms with Crippen LogP contribution < -0.4 is 0 Å². The lowest BCUT2D eigenvalue weighted by Gasteiger charge is -2.33. The van der Waals surface area contributed by atoms with Crippen LogP contribution in [-0.4, -0.2) is 37.0 Å². The zero-order valence-corrected chi connectivity index (χ0v) is 10.6. The summed E-state index contributed by atoms with van der Waals surface area (Å²) in [6.07, 6.45) is 4.11. The zero-order chi connectivity index (χ0) is 12.4. The van der Waals surface area contributed by atoms with E-state index >= 15 is 0 Å². The van der Waals surface area contributed by atoms with Gasteiger partial charge in [-0.25, -0.2) is 0 Å². The Bertz CT molecular complexity index is 312. The standard InChI is InChI=1S/C13H21NO3/c1-9(10-5-6-10)12(15)14-7-3-4-11(8-14)13(16)17-2/h9-11H,3-8H2,1-2H3/t9?,11-/m0/s1. The van der Waals surface area contributed by atoms with Gasteiger partial charge in [-0.15, -0.1) is 0 Å². The molecule has 0 radical (unpaired) electrons. The number of ether oxygens (including phenoxy) is 1. The largest absolute Gasteiger partial charge is 0.469 e. The predicted octanol–water partition coefficient (Wildman–Crippen LogP) is 1.44. The number of esters is 1. The smallest absolute Gasteiger partial charge is 0.310 e. The van der Waals surface area contributed by atoms with Crippen LogP contribution in [0.4, 0.5) is 0 Å². The van der Waals surface area contributed by atoms with E-state index in [1.807, 2.05) is 11.8 Å². The van der Waals surface area contributed by atoms with Crippen LogP contribution in [0.15, 0.2) is 0 Å².